The van der Waals surface area contributed by atoms with E-state index in [9.17, 15) is 0 Å². The van der Waals surface area contributed by atoms with E-state index in [1.165, 1.54) is 50.5 Å². The van der Waals surface area contributed by atoms with Crippen LogP contribution in [-0.2, 0) is 0 Å². The molecule has 1 fully saturated rings. The topological polar surface area (TPSA) is 18.5 Å². The van der Waals surface area contributed by atoms with Gasteiger partial charge in [-0.05, 0) is 30.0 Å². The lowest BCUT2D eigenvalue weighted by Crippen LogP contribution is -2.15. The fourth-order valence-electron chi connectivity index (χ4n) is 3.34. The predicted molar refractivity (Wildman–Crippen MR) is 92.6 cm³/mol. The van der Waals surface area contributed by atoms with Crippen LogP contribution in [0, 0.1) is 5.92 Å². The van der Waals surface area contributed by atoms with E-state index in [2.05, 4.69) is 37.9 Å². The van der Waals surface area contributed by atoms with Crippen molar-refractivity contribution in [2.75, 3.05) is 13.2 Å². The highest BCUT2D eigenvalue weighted by atomic mass is 79.9. The van der Waals surface area contributed by atoms with Crippen LogP contribution < -0.4 is 9.47 Å². The Kier molecular flexibility index (Phi) is 5.49. The number of alkyl halides is 1. The van der Waals surface area contributed by atoms with E-state index in [0.717, 1.165) is 21.9 Å². The van der Waals surface area contributed by atoms with Gasteiger partial charge in [0.25, 0.3) is 0 Å². The maximum absolute atomic E-state index is 5.71. The van der Waals surface area contributed by atoms with Gasteiger partial charge in [-0.3, -0.25) is 0 Å². The fraction of sp³-hybridized carbons (Fsp3) is 0.647. The molecule has 21 heavy (non-hydrogen) atoms. The third-order valence-electron chi connectivity index (χ3n) is 4.51. The molecule has 1 heterocycles. The van der Waals surface area contributed by atoms with E-state index < -0.39 is 0 Å². The van der Waals surface area contributed by atoms with Gasteiger partial charge in [-0.25, -0.2) is 0 Å². The molecule has 1 aliphatic carbocycles. The summed E-state index contributed by atoms with van der Waals surface area (Å²) in [6, 6.07) is 4.18. The minimum absolute atomic E-state index is 0.380. The van der Waals surface area contributed by atoms with Gasteiger partial charge in [0, 0.05) is 9.30 Å². The Morgan fingerprint density at radius 3 is 2.29 bits per heavy atom. The van der Waals surface area contributed by atoms with Crippen molar-refractivity contribution in [1.82, 2.24) is 0 Å². The second-order valence-corrected chi connectivity index (χ2v) is 8.04. The SMILES string of the molecule is Brc1cc2c(cc1C(Br)CC1CCCCCC1)OCCO2. The first-order valence-corrected chi connectivity index (χ1v) is 9.68. The summed E-state index contributed by atoms with van der Waals surface area (Å²) in [6.45, 7) is 1.28. The molecule has 0 bridgehead atoms. The molecular formula is C17H22Br2O2. The number of ether oxygens (including phenoxy) is 2. The Labute approximate surface area is 143 Å². The summed E-state index contributed by atoms with van der Waals surface area (Å²) in [5.41, 5.74) is 1.28. The summed E-state index contributed by atoms with van der Waals surface area (Å²) >= 11 is 7.59. The lowest BCUT2D eigenvalue weighted by molar-refractivity contribution is 0.171. The molecule has 0 saturated heterocycles. The van der Waals surface area contributed by atoms with Crippen LogP contribution in [0.4, 0.5) is 0 Å². The van der Waals surface area contributed by atoms with E-state index in [1.807, 2.05) is 6.07 Å². The number of rotatable bonds is 3. The van der Waals surface area contributed by atoms with Gasteiger partial charge in [0.05, 0.1) is 0 Å². The number of halogens is 2. The van der Waals surface area contributed by atoms with E-state index in [-0.39, 0.29) is 0 Å². The highest BCUT2D eigenvalue weighted by Gasteiger charge is 2.22. The van der Waals surface area contributed by atoms with Crippen LogP contribution in [0.1, 0.15) is 55.3 Å². The first-order chi connectivity index (χ1) is 10.2. The second-order valence-electron chi connectivity index (χ2n) is 6.08. The Balaban J connectivity index is 1.72. The molecule has 1 unspecified atom stereocenters. The molecule has 1 saturated carbocycles. The molecule has 0 amide bonds. The molecule has 0 spiro atoms. The first-order valence-electron chi connectivity index (χ1n) is 7.97. The summed E-state index contributed by atoms with van der Waals surface area (Å²) in [5.74, 6) is 2.58. The third kappa shape index (κ3) is 3.95. The van der Waals surface area contributed by atoms with Gasteiger partial charge in [-0.15, -0.1) is 0 Å². The molecule has 0 aromatic heterocycles. The van der Waals surface area contributed by atoms with Gasteiger partial charge >= 0.3 is 0 Å². The van der Waals surface area contributed by atoms with Crippen molar-refractivity contribution in [2.45, 2.75) is 49.8 Å². The van der Waals surface area contributed by atoms with Crippen LogP contribution in [0.5, 0.6) is 11.5 Å². The van der Waals surface area contributed by atoms with Crippen molar-refractivity contribution in [1.29, 1.82) is 0 Å². The van der Waals surface area contributed by atoms with E-state index in [1.54, 1.807) is 0 Å². The predicted octanol–water partition coefficient (Wildman–Crippen LogP) is 6.02. The molecule has 116 valence electrons. The average Bonchev–Trinajstić information content (AvgIpc) is 2.75. The normalized spacial score (nSPS) is 20.9. The van der Waals surface area contributed by atoms with Gasteiger partial charge in [0.15, 0.2) is 11.5 Å². The van der Waals surface area contributed by atoms with Gasteiger partial charge in [0.1, 0.15) is 13.2 Å². The van der Waals surface area contributed by atoms with Crippen LogP contribution in [0.15, 0.2) is 16.6 Å². The molecule has 1 aliphatic heterocycles. The summed E-state index contributed by atoms with van der Waals surface area (Å²) in [7, 11) is 0. The van der Waals surface area contributed by atoms with Crippen LogP contribution in [0.25, 0.3) is 0 Å². The first kappa shape index (κ1) is 15.7. The quantitative estimate of drug-likeness (QED) is 0.442. The minimum Gasteiger partial charge on any atom is -0.486 e. The standard InChI is InChI=1S/C17H22Br2O2/c18-14(9-12-5-3-1-2-4-6-12)13-10-16-17(11-15(13)19)21-8-7-20-16/h10-12,14H,1-9H2. The van der Waals surface area contributed by atoms with Gasteiger partial charge in [-0.1, -0.05) is 70.4 Å². The van der Waals surface area contributed by atoms with Crippen molar-refractivity contribution < 1.29 is 9.47 Å². The van der Waals surface area contributed by atoms with Crippen molar-refractivity contribution >= 4 is 31.9 Å². The van der Waals surface area contributed by atoms with Crippen molar-refractivity contribution in [3.63, 3.8) is 0 Å². The van der Waals surface area contributed by atoms with Crippen molar-refractivity contribution in [3.05, 3.63) is 22.2 Å². The van der Waals surface area contributed by atoms with Crippen LogP contribution >= 0.6 is 31.9 Å². The Hall–Kier alpha value is -0.220. The Morgan fingerprint density at radius 1 is 1.00 bits per heavy atom. The highest BCUT2D eigenvalue weighted by Crippen LogP contribution is 2.43. The molecule has 0 radical (unpaired) electrons. The molecule has 2 nitrogen and oxygen atoms in total. The smallest absolute Gasteiger partial charge is 0.162 e. The van der Waals surface area contributed by atoms with E-state index in [0.29, 0.717) is 18.0 Å². The third-order valence-corrected chi connectivity index (χ3v) is 6.07. The minimum atomic E-state index is 0.380. The average molecular weight is 418 g/mol. The maximum atomic E-state index is 5.71. The van der Waals surface area contributed by atoms with Crippen LogP contribution in [0.2, 0.25) is 0 Å². The lowest BCUT2D eigenvalue weighted by Gasteiger charge is -2.23. The summed E-state index contributed by atoms with van der Waals surface area (Å²) in [6.07, 6.45) is 9.58. The molecule has 1 aromatic rings. The molecule has 4 heteroatoms. The molecule has 2 aliphatic rings. The van der Waals surface area contributed by atoms with Crippen molar-refractivity contribution in [3.8, 4) is 11.5 Å². The zero-order chi connectivity index (χ0) is 14.7. The second kappa shape index (κ2) is 7.36. The van der Waals surface area contributed by atoms with E-state index >= 15 is 0 Å². The largest absolute Gasteiger partial charge is 0.486 e. The molecule has 1 aromatic carbocycles. The zero-order valence-corrected chi connectivity index (χ0v) is 15.4. The molecule has 1 atom stereocenters. The summed E-state index contributed by atoms with van der Waals surface area (Å²) in [5, 5.41) is 0. The zero-order valence-electron chi connectivity index (χ0n) is 12.2. The van der Waals surface area contributed by atoms with Crippen LogP contribution in [-0.4, -0.2) is 13.2 Å². The number of benzene rings is 1. The number of fused-ring (bicyclic) bond motifs is 1. The monoisotopic (exact) mass is 416 g/mol. The molecule has 3 rings (SSSR count). The molecule has 0 N–H and O–H groups in total. The maximum Gasteiger partial charge on any atom is 0.162 e. The highest BCUT2D eigenvalue weighted by molar-refractivity contribution is 9.11. The van der Waals surface area contributed by atoms with Gasteiger partial charge in [-0.2, -0.15) is 0 Å². The number of hydrogen-bond donors (Lipinski definition) is 0. The van der Waals surface area contributed by atoms with Crippen molar-refractivity contribution in [2.24, 2.45) is 5.92 Å². The van der Waals surface area contributed by atoms with Gasteiger partial charge in [0.2, 0.25) is 0 Å². The molecular weight excluding hydrogens is 396 g/mol. The Morgan fingerprint density at radius 2 is 1.62 bits per heavy atom. The Bertz CT molecular complexity index is 482. The van der Waals surface area contributed by atoms with Crippen LogP contribution in [0.3, 0.4) is 0 Å². The van der Waals surface area contributed by atoms with E-state index in [4.69, 9.17) is 9.47 Å². The number of hydrogen-bond acceptors (Lipinski definition) is 2. The van der Waals surface area contributed by atoms with Gasteiger partial charge < -0.3 is 9.47 Å². The lowest BCUT2D eigenvalue weighted by atomic mass is 9.92. The summed E-state index contributed by atoms with van der Waals surface area (Å²) in [4.78, 5) is 0.380. The summed E-state index contributed by atoms with van der Waals surface area (Å²) < 4.78 is 12.5. The fourth-order valence-corrected chi connectivity index (χ4v) is 5.15.